The number of nitrogens with zero attached hydrogens (tertiary/aromatic N) is 1. The largest absolute Gasteiger partial charge is 0.397 e. The maximum Gasteiger partial charge on any atom is 0.0724 e. The molecule has 1 aromatic carbocycles. The van der Waals surface area contributed by atoms with Crippen LogP contribution in [0.25, 0.3) is 10.9 Å². The summed E-state index contributed by atoms with van der Waals surface area (Å²) in [6.07, 6.45) is 8.32. The Kier molecular flexibility index (Phi) is 3.77. The first-order valence-electron chi connectivity index (χ1n) is 7.67. The minimum Gasteiger partial charge on any atom is -0.397 e. The van der Waals surface area contributed by atoms with Gasteiger partial charge in [-0.15, -0.1) is 0 Å². The highest BCUT2D eigenvalue weighted by molar-refractivity contribution is 5.96. The number of nitrogens with one attached hydrogen (secondary N) is 1. The van der Waals surface area contributed by atoms with E-state index in [1.165, 1.54) is 32.1 Å². The molecular formula is C17H23N3. The van der Waals surface area contributed by atoms with Crippen molar-refractivity contribution in [3.63, 3.8) is 0 Å². The van der Waals surface area contributed by atoms with E-state index in [1.807, 2.05) is 24.4 Å². The van der Waals surface area contributed by atoms with Gasteiger partial charge in [-0.2, -0.15) is 0 Å². The lowest BCUT2D eigenvalue weighted by Gasteiger charge is -2.30. The molecule has 2 atom stereocenters. The zero-order valence-electron chi connectivity index (χ0n) is 12.1. The Morgan fingerprint density at radius 3 is 3.05 bits per heavy atom. The van der Waals surface area contributed by atoms with Gasteiger partial charge < -0.3 is 11.1 Å². The Bertz CT molecular complexity index is 594. The van der Waals surface area contributed by atoms with Gasteiger partial charge in [0.2, 0.25) is 0 Å². The van der Waals surface area contributed by atoms with Crippen LogP contribution < -0.4 is 11.1 Å². The van der Waals surface area contributed by atoms with Crippen LogP contribution in [0.4, 0.5) is 11.4 Å². The van der Waals surface area contributed by atoms with E-state index in [9.17, 15) is 0 Å². The van der Waals surface area contributed by atoms with Gasteiger partial charge in [-0.25, -0.2) is 0 Å². The average Bonchev–Trinajstić information content (AvgIpc) is 2.50. The molecular weight excluding hydrogens is 246 g/mol. The number of rotatable bonds is 3. The second kappa shape index (κ2) is 5.70. The van der Waals surface area contributed by atoms with Crippen molar-refractivity contribution in [2.75, 3.05) is 11.1 Å². The summed E-state index contributed by atoms with van der Waals surface area (Å²) in [6, 6.07) is 8.66. The fourth-order valence-corrected chi connectivity index (χ4v) is 3.31. The van der Waals surface area contributed by atoms with Crippen LogP contribution in [0, 0.1) is 5.92 Å². The summed E-state index contributed by atoms with van der Waals surface area (Å²) in [6.45, 7) is 2.29. The summed E-state index contributed by atoms with van der Waals surface area (Å²) >= 11 is 0. The van der Waals surface area contributed by atoms with E-state index in [-0.39, 0.29) is 0 Å². The molecule has 1 fully saturated rings. The first-order valence-corrected chi connectivity index (χ1v) is 7.67. The highest BCUT2D eigenvalue weighted by Crippen LogP contribution is 2.32. The number of hydrogen-bond acceptors (Lipinski definition) is 3. The summed E-state index contributed by atoms with van der Waals surface area (Å²) in [5.74, 6) is 0.865. The summed E-state index contributed by atoms with van der Waals surface area (Å²) in [5.41, 5.74) is 9.15. The smallest absolute Gasteiger partial charge is 0.0724 e. The summed E-state index contributed by atoms with van der Waals surface area (Å²) in [5, 5.41) is 4.69. The van der Waals surface area contributed by atoms with Crippen molar-refractivity contribution in [3.8, 4) is 0 Å². The van der Waals surface area contributed by atoms with Crippen LogP contribution in [0.15, 0.2) is 30.5 Å². The zero-order valence-corrected chi connectivity index (χ0v) is 12.1. The number of fused-ring (bicyclic) bond motifs is 1. The van der Waals surface area contributed by atoms with Gasteiger partial charge in [-0.1, -0.05) is 26.2 Å². The third-order valence-electron chi connectivity index (χ3n) is 4.55. The van der Waals surface area contributed by atoms with Crippen LogP contribution in [-0.2, 0) is 0 Å². The quantitative estimate of drug-likeness (QED) is 0.821. The molecule has 1 aliphatic carbocycles. The molecule has 2 aromatic rings. The molecule has 1 aliphatic rings. The number of aromatic nitrogens is 1. The van der Waals surface area contributed by atoms with Gasteiger partial charge in [-0.05, 0) is 43.0 Å². The molecule has 1 saturated carbocycles. The number of benzene rings is 1. The third-order valence-corrected chi connectivity index (χ3v) is 4.55. The van der Waals surface area contributed by atoms with E-state index >= 15 is 0 Å². The summed E-state index contributed by atoms with van der Waals surface area (Å²) in [7, 11) is 0. The maximum absolute atomic E-state index is 6.30. The molecule has 1 aromatic heterocycles. The number of hydrogen-bond donors (Lipinski definition) is 2. The molecule has 0 bridgehead atoms. The molecule has 3 heteroatoms. The third kappa shape index (κ3) is 2.58. The van der Waals surface area contributed by atoms with Crippen molar-refractivity contribution in [1.29, 1.82) is 0 Å². The van der Waals surface area contributed by atoms with Gasteiger partial charge in [-0.3, -0.25) is 4.98 Å². The first kappa shape index (κ1) is 13.2. The van der Waals surface area contributed by atoms with Gasteiger partial charge in [0.1, 0.15) is 0 Å². The second-order valence-electron chi connectivity index (χ2n) is 5.88. The van der Waals surface area contributed by atoms with Crippen molar-refractivity contribution in [3.05, 3.63) is 30.5 Å². The van der Waals surface area contributed by atoms with Crippen LogP contribution in [-0.4, -0.2) is 11.0 Å². The minimum absolute atomic E-state index is 0.560. The molecule has 3 rings (SSSR count). The lowest BCUT2D eigenvalue weighted by Crippen LogP contribution is -2.27. The number of pyridine rings is 1. The predicted octanol–water partition coefficient (Wildman–Crippen LogP) is 4.20. The molecule has 0 amide bonds. The fraction of sp³-hybridized carbons (Fsp3) is 0.471. The van der Waals surface area contributed by atoms with E-state index in [0.29, 0.717) is 6.04 Å². The molecule has 0 radical (unpaired) electrons. The molecule has 0 saturated heterocycles. The molecule has 106 valence electrons. The minimum atomic E-state index is 0.560. The van der Waals surface area contributed by atoms with Gasteiger partial charge >= 0.3 is 0 Å². The zero-order chi connectivity index (χ0) is 13.9. The van der Waals surface area contributed by atoms with Crippen LogP contribution in [0.2, 0.25) is 0 Å². The van der Waals surface area contributed by atoms with Gasteiger partial charge in [0.25, 0.3) is 0 Å². The Morgan fingerprint density at radius 1 is 1.30 bits per heavy atom. The Balaban J connectivity index is 1.82. The van der Waals surface area contributed by atoms with E-state index in [4.69, 9.17) is 5.73 Å². The highest BCUT2D eigenvalue weighted by Gasteiger charge is 2.21. The molecule has 3 nitrogen and oxygen atoms in total. The predicted molar refractivity (Wildman–Crippen MR) is 85.8 cm³/mol. The normalized spacial score (nSPS) is 22.9. The van der Waals surface area contributed by atoms with E-state index < -0.39 is 0 Å². The molecule has 1 heterocycles. The number of anilines is 2. The van der Waals surface area contributed by atoms with E-state index in [0.717, 1.165) is 28.2 Å². The maximum atomic E-state index is 6.30. The molecule has 0 aliphatic heterocycles. The lowest BCUT2D eigenvalue weighted by atomic mass is 9.84. The highest BCUT2D eigenvalue weighted by atomic mass is 14.9. The molecule has 20 heavy (non-hydrogen) atoms. The monoisotopic (exact) mass is 269 g/mol. The Morgan fingerprint density at radius 2 is 2.20 bits per heavy atom. The Labute approximate surface area is 120 Å². The van der Waals surface area contributed by atoms with Crippen molar-refractivity contribution < 1.29 is 0 Å². The lowest BCUT2D eigenvalue weighted by molar-refractivity contribution is 0.327. The summed E-state index contributed by atoms with van der Waals surface area (Å²) in [4.78, 5) is 4.35. The van der Waals surface area contributed by atoms with Gasteiger partial charge in [0.15, 0.2) is 0 Å². The molecule has 2 unspecified atom stereocenters. The summed E-state index contributed by atoms with van der Waals surface area (Å²) < 4.78 is 0. The second-order valence-corrected chi connectivity index (χ2v) is 5.88. The standard InChI is InChI=1S/C17H23N3/c1-2-12-5-3-6-13(11-12)20-16-9-8-15-14(17(16)18)7-4-10-19-15/h4,7-10,12-13,20H,2-3,5-6,11,18H2,1H3. The topological polar surface area (TPSA) is 50.9 Å². The van der Waals surface area contributed by atoms with Gasteiger partial charge in [0.05, 0.1) is 16.9 Å². The van der Waals surface area contributed by atoms with Crippen LogP contribution in [0.5, 0.6) is 0 Å². The molecule has 3 N–H and O–H groups in total. The van der Waals surface area contributed by atoms with Crippen LogP contribution >= 0.6 is 0 Å². The van der Waals surface area contributed by atoms with Crippen molar-refractivity contribution in [2.24, 2.45) is 5.92 Å². The number of nitrogens with two attached hydrogens (primary N) is 1. The Hall–Kier alpha value is -1.77. The first-order chi connectivity index (χ1) is 9.78. The van der Waals surface area contributed by atoms with Crippen molar-refractivity contribution in [1.82, 2.24) is 4.98 Å². The van der Waals surface area contributed by atoms with E-state index in [2.05, 4.69) is 23.3 Å². The van der Waals surface area contributed by atoms with Crippen LogP contribution in [0.1, 0.15) is 39.0 Å². The van der Waals surface area contributed by atoms with Crippen molar-refractivity contribution >= 4 is 22.3 Å². The van der Waals surface area contributed by atoms with E-state index in [1.54, 1.807) is 0 Å². The van der Waals surface area contributed by atoms with Gasteiger partial charge in [0, 0.05) is 17.6 Å². The van der Waals surface area contributed by atoms with Crippen molar-refractivity contribution in [2.45, 2.75) is 45.1 Å². The number of nitrogen functional groups attached to an aromatic ring is 1. The average molecular weight is 269 g/mol. The van der Waals surface area contributed by atoms with Crippen LogP contribution in [0.3, 0.4) is 0 Å². The molecule has 0 spiro atoms. The SMILES string of the molecule is CCC1CCCC(Nc2ccc3ncccc3c2N)C1. The fourth-order valence-electron chi connectivity index (χ4n) is 3.31.